The lowest BCUT2D eigenvalue weighted by Gasteiger charge is -2.29. The lowest BCUT2D eigenvalue weighted by atomic mass is 9.91. The van der Waals surface area contributed by atoms with E-state index in [1.54, 1.807) is 21.6 Å². The van der Waals surface area contributed by atoms with E-state index >= 15 is 0 Å². The van der Waals surface area contributed by atoms with Crippen molar-refractivity contribution in [2.75, 3.05) is 30.8 Å². The van der Waals surface area contributed by atoms with Crippen LogP contribution < -0.4 is 22.1 Å². The minimum Gasteiger partial charge on any atom is -0.475 e. The van der Waals surface area contributed by atoms with Crippen molar-refractivity contribution in [1.82, 2.24) is 29.3 Å². The highest BCUT2D eigenvalue weighted by atomic mass is 19.4. The number of piperidine rings is 1. The van der Waals surface area contributed by atoms with Crippen molar-refractivity contribution < 1.29 is 32.7 Å². The first kappa shape index (κ1) is 31.7. The topological polar surface area (TPSA) is 199 Å². The molecule has 0 bridgehead atoms. The molecule has 1 unspecified atom stereocenters. The van der Waals surface area contributed by atoms with Gasteiger partial charge in [-0.15, -0.1) is 0 Å². The molecular weight excluding hydrogens is 573 g/mol. The van der Waals surface area contributed by atoms with Gasteiger partial charge in [0, 0.05) is 37.6 Å². The number of carboxylic acid groups (broad SMARTS) is 1. The second-order valence-corrected chi connectivity index (χ2v) is 10.8. The maximum atomic E-state index is 13.2. The number of halogens is 3. The number of fused-ring (bicyclic) bond motifs is 1. The average molecular weight is 609 g/mol. The fourth-order valence-electron chi connectivity index (χ4n) is 5.30. The zero-order valence-corrected chi connectivity index (χ0v) is 23.5. The number of hydrogen-bond donors (Lipinski definition) is 5. The van der Waals surface area contributed by atoms with Crippen LogP contribution >= 0.6 is 0 Å². The molecule has 1 saturated heterocycles. The Morgan fingerprint density at radius 1 is 1.16 bits per heavy atom. The molecule has 1 aliphatic carbocycles. The molecule has 1 saturated carbocycles. The van der Waals surface area contributed by atoms with Gasteiger partial charge < -0.3 is 32.1 Å². The SMILES string of the molecule is CN1CCCC(Cn2cc(NC(=O)c3cnn4ccc(N[C@@H]5CCCC[C@@H]5N)nc34)c(C(N)=O)n2)C1.O=C(O)C(F)(F)F. The zero-order chi connectivity index (χ0) is 31.3. The Kier molecular flexibility index (Phi) is 9.85. The predicted molar refractivity (Wildman–Crippen MR) is 149 cm³/mol. The Labute approximate surface area is 244 Å². The molecule has 7 N–H and O–H groups in total. The van der Waals surface area contributed by atoms with E-state index < -0.39 is 24.0 Å². The van der Waals surface area contributed by atoms with Crippen LogP contribution in [0.5, 0.6) is 0 Å². The number of aromatic nitrogens is 5. The molecular formula is C26H35F3N10O4. The van der Waals surface area contributed by atoms with Crippen LogP contribution in [-0.2, 0) is 11.3 Å². The van der Waals surface area contributed by atoms with E-state index in [0.29, 0.717) is 23.9 Å². The van der Waals surface area contributed by atoms with Crippen LogP contribution in [0.3, 0.4) is 0 Å². The maximum absolute atomic E-state index is 13.2. The number of nitrogens with two attached hydrogens (primary N) is 2. The van der Waals surface area contributed by atoms with E-state index in [1.165, 1.54) is 6.20 Å². The molecule has 234 valence electrons. The van der Waals surface area contributed by atoms with Crippen LogP contribution in [-0.4, -0.2) is 90.6 Å². The number of carbonyl (C=O) groups is 3. The van der Waals surface area contributed by atoms with Gasteiger partial charge in [0.05, 0.1) is 11.9 Å². The highest BCUT2D eigenvalue weighted by molar-refractivity contribution is 6.10. The number of nitrogens with one attached hydrogen (secondary N) is 2. The first-order valence-corrected chi connectivity index (χ1v) is 13.9. The monoisotopic (exact) mass is 608 g/mol. The van der Waals surface area contributed by atoms with Crippen LogP contribution in [0.15, 0.2) is 24.7 Å². The summed E-state index contributed by atoms with van der Waals surface area (Å²) in [6.07, 6.45) is 6.24. The first-order valence-electron chi connectivity index (χ1n) is 13.9. The third kappa shape index (κ3) is 8.19. The molecule has 2 aliphatic rings. The van der Waals surface area contributed by atoms with E-state index in [0.717, 1.165) is 51.6 Å². The van der Waals surface area contributed by atoms with E-state index in [9.17, 15) is 22.8 Å². The lowest BCUT2D eigenvalue weighted by Crippen LogP contribution is -2.42. The van der Waals surface area contributed by atoms with Crippen molar-refractivity contribution in [3.63, 3.8) is 0 Å². The number of nitrogens with zero attached hydrogens (tertiary/aromatic N) is 6. The second-order valence-electron chi connectivity index (χ2n) is 10.8. The molecule has 4 heterocycles. The van der Waals surface area contributed by atoms with Gasteiger partial charge in [-0.25, -0.2) is 14.3 Å². The lowest BCUT2D eigenvalue weighted by molar-refractivity contribution is -0.192. The number of likely N-dealkylation sites (tertiary alicyclic amines) is 1. The molecule has 5 rings (SSSR count). The van der Waals surface area contributed by atoms with Gasteiger partial charge in [-0.2, -0.15) is 23.4 Å². The summed E-state index contributed by atoms with van der Waals surface area (Å²) in [6, 6.07) is 2.03. The van der Waals surface area contributed by atoms with Crippen molar-refractivity contribution in [2.24, 2.45) is 17.4 Å². The third-order valence-electron chi connectivity index (χ3n) is 7.42. The highest BCUT2D eigenvalue weighted by Gasteiger charge is 2.38. The summed E-state index contributed by atoms with van der Waals surface area (Å²) < 4.78 is 35.0. The Morgan fingerprint density at radius 3 is 2.53 bits per heavy atom. The summed E-state index contributed by atoms with van der Waals surface area (Å²) in [5.74, 6) is -2.84. The number of aliphatic carboxylic acids is 1. The Bertz CT molecular complexity index is 1460. The van der Waals surface area contributed by atoms with Gasteiger partial charge >= 0.3 is 12.1 Å². The molecule has 0 radical (unpaired) electrons. The smallest absolute Gasteiger partial charge is 0.475 e. The third-order valence-corrected chi connectivity index (χ3v) is 7.42. The molecule has 3 atom stereocenters. The van der Waals surface area contributed by atoms with E-state index in [-0.39, 0.29) is 29.0 Å². The van der Waals surface area contributed by atoms with E-state index in [2.05, 4.69) is 37.8 Å². The van der Waals surface area contributed by atoms with Crippen LogP contribution in [0.1, 0.15) is 59.4 Å². The Hall–Kier alpha value is -4.25. The number of carbonyl (C=O) groups excluding carboxylic acids is 2. The number of primary amides is 1. The highest BCUT2D eigenvalue weighted by Crippen LogP contribution is 2.23. The van der Waals surface area contributed by atoms with Gasteiger partial charge in [-0.05, 0) is 51.3 Å². The largest absolute Gasteiger partial charge is 0.490 e. The summed E-state index contributed by atoms with van der Waals surface area (Å²) in [5.41, 5.74) is 12.8. The van der Waals surface area contributed by atoms with Crippen molar-refractivity contribution in [2.45, 2.75) is 63.3 Å². The number of hydrogen-bond acceptors (Lipinski definition) is 9. The quantitative estimate of drug-likeness (QED) is 0.264. The predicted octanol–water partition coefficient (Wildman–Crippen LogP) is 1.93. The van der Waals surface area contributed by atoms with E-state index in [4.69, 9.17) is 21.4 Å². The summed E-state index contributed by atoms with van der Waals surface area (Å²) in [4.78, 5) is 41.1. The summed E-state index contributed by atoms with van der Waals surface area (Å²) in [6.45, 7) is 2.70. The summed E-state index contributed by atoms with van der Waals surface area (Å²) in [7, 11) is 2.10. The van der Waals surface area contributed by atoms with Crippen molar-refractivity contribution in [1.29, 1.82) is 0 Å². The van der Waals surface area contributed by atoms with Gasteiger partial charge in [0.2, 0.25) is 0 Å². The van der Waals surface area contributed by atoms with E-state index in [1.807, 2.05) is 6.07 Å². The average Bonchev–Trinajstić information content (AvgIpc) is 3.53. The van der Waals surface area contributed by atoms with Gasteiger partial charge in [0.1, 0.15) is 11.4 Å². The summed E-state index contributed by atoms with van der Waals surface area (Å²) in [5, 5.41) is 21.9. The van der Waals surface area contributed by atoms with Crippen LogP contribution in [0.2, 0.25) is 0 Å². The number of amides is 2. The molecule has 14 nitrogen and oxygen atoms in total. The number of alkyl halides is 3. The second kappa shape index (κ2) is 13.4. The van der Waals surface area contributed by atoms with Crippen molar-refractivity contribution in [3.05, 3.63) is 35.9 Å². The Balaban J connectivity index is 0.000000541. The number of anilines is 2. The van der Waals surface area contributed by atoms with Crippen molar-refractivity contribution >= 4 is 34.9 Å². The van der Waals surface area contributed by atoms with Crippen molar-refractivity contribution in [3.8, 4) is 0 Å². The molecule has 3 aromatic heterocycles. The molecule has 43 heavy (non-hydrogen) atoms. The van der Waals surface area contributed by atoms with Gasteiger partial charge in [0.25, 0.3) is 11.8 Å². The fourth-order valence-corrected chi connectivity index (χ4v) is 5.30. The zero-order valence-electron chi connectivity index (χ0n) is 23.5. The minimum atomic E-state index is -5.08. The molecule has 2 fully saturated rings. The standard InChI is InChI=1S/C24H34N10O2.C2HF3O2/c1-32-9-4-5-15(12-32)13-33-14-19(21(31-33)22(26)35)29-24(36)16-11-27-34-10-8-20(30-23(16)34)28-18-7-3-2-6-17(18)25;3-2(4,5)1(6)7/h8,10-11,14-15,17-18H,2-7,9,12-13,25H2,1H3,(H2,26,35)(H,28,30)(H,29,36);(H,6,7)/t15?,17-,18+;/m0./s1. The fraction of sp³-hybridized carbons (Fsp3) is 0.538. The van der Waals surface area contributed by atoms with Gasteiger partial charge in [-0.1, -0.05) is 12.8 Å². The molecule has 0 spiro atoms. The normalized spacial score (nSPS) is 21.1. The molecule has 3 aromatic rings. The molecule has 0 aromatic carbocycles. The van der Waals surface area contributed by atoms with Crippen LogP contribution in [0, 0.1) is 5.92 Å². The van der Waals surface area contributed by atoms with Crippen LogP contribution in [0.25, 0.3) is 5.65 Å². The van der Waals surface area contributed by atoms with Crippen LogP contribution in [0.4, 0.5) is 24.7 Å². The first-order chi connectivity index (χ1) is 20.3. The maximum Gasteiger partial charge on any atom is 0.490 e. The Morgan fingerprint density at radius 2 is 1.88 bits per heavy atom. The molecule has 2 amide bonds. The number of carboxylic acids is 1. The van der Waals surface area contributed by atoms with Gasteiger partial charge in [-0.3, -0.25) is 14.3 Å². The minimum absolute atomic E-state index is 0.0330. The molecule has 17 heteroatoms. The summed E-state index contributed by atoms with van der Waals surface area (Å²) >= 11 is 0. The van der Waals surface area contributed by atoms with Gasteiger partial charge in [0.15, 0.2) is 11.3 Å². The molecule has 1 aliphatic heterocycles. The number of rotatable bonds is 7.